The van der Waals surface area contributed by atoms with E-state index in [2.05, 4.69) is 16.3 Å². The van der Waals surface area contributed by atoms with Crippen molar-refractivity contribution in [2.24, 2.45) is 0 Å². The molecule has 5 heteroatoms. The van der Waals surface area contributed by atoms with E-state index < -0.39 is 0 Å². The zero-order valence-corrected chi connectivity index (χ0v) is 13.9. The molecule has 1 fully saturated rings. The Bertz CT molecular complexity index is 757. The molecule has 1 aliphatic heterocycles. The number of amides is 1. The van der Waals surface area contributed by atoms with Gasteiger partial charge < -0.3 is 10.2 Å². The Balaban J connectivity index is 1.47. The Hall–Kier alpha value is -2.87. The normalized spacial score (nSPS) is 14.8. The van der Waals surface area contributed by atoms with Crippen molar-refractivity contribution in [3.8, 4) is 6.07 Å². The van der Waals surface area contributed by atoms with E-state index in [9.17, 15) is 9.18 Å². The van der Waals surface area contributed by atoms with Crippen LogP contribution in [0.3, 0.4) is 0 Å². The van der Waals surface area contributed by atoms with Gasteiger partial charge >= 0.3 is 0 Å². The van der Waals surface area contributed by atoms with Crippen molar-refractivity contribution in [3.63, 3.8) is 0 Å². The van der Waals surface area contributed by atoms with Gasteiger partial charge in [0.15, 0.2) is 0 Å². The summed E-state index contributed by atoms with van der Waals surface area (Å²) < 4.78 is 12.9. The minimum Gasteiger partial charge on any atom is -0.371 e. The van der Waals surface area contributed by atoms with Crippen LogP contribution in [-0.4, -0.2) is 25.0 Å². The van der Waals surface area contributed by atoms with Crippen LogP contribution in [0.2, 0.25) is 0 Å². The van der Waals surface area contributed by atoms with Crippen LogP contribution < -0.4 is 10.2 Å². The van der Waals surface area contributed by atoms with Gasteiger partial charge in [0.1, 0.15) is 5.82 Å². The molecule has 1 N–H and O–H groups in total. The maximum absolute atomic E-state index is 12.9. The van der Waals surface area contributed by atoms with E-state index in [0.717, 1.165) is 37.2 Å². The summed E-state index contributed by atoms with van der Waals surface area (Å²) in [5, 5.41) is 11.9. The molecule has 0 aliphatic carbocycles. The summed E-state index contributed by atoms with van der Waals surface area (Å²) in [6.45, 7) is 1.74. The maximum atomic E-state index is 12.9. The molecular weight excluding hydrogens is 317 g/mol. The molecule has 1 amide bonds. The maximum Gasteiger partial charge on any atom is 0.224 e. The summed E-state index contributed by atoms with van der Waals surface area (Å²) in [6, 6.07) is 15.9. The molecule has 0 radical (unpaired) electrons. The highest BCUT2D eigenvalue weighted by molar-refractivity contribution is 5.78. The average molecular weight is 337 g/mol. The van der Waals surface area contributed by atoms with E-state index in [1.807, 2.05) is 24.3 Å². The van der Waals surface area contributed by atoms with Crippen LogP contribution in [0.25, 0.3) is 0 Å². The number of anilines is 1. The highest BCUT2D eigenvalue weighted by atomic mass is 19.1. The van der Waals surface area contributed by atoms with Gasteiger partial charge in [0, 0.05) is 24.8 Å². The molecule has 3 rings (SSSR count). The molecular formula is C20H20FN3O. The lowest BCUT2D eigenvalue weighted by atomic mass is 10.0. The van der Waals surface area contributed by atoms with Crippen molar-refractivity contribution in [1.82, 2.24) is 5.32 Å². The minimum atomic E-state index is -0.292. The van der Waals surface area contributed by atoms with Gasteiger partial charge in [-0.1, -0.05) is 12.1 Å². The van der Waals surface area contributed by atoms with Crippen LogP contribution in [-0.2, 0) is 11.2 Å². The van der Waals surface area contributed by atoms with Crippen molar-refractivity contribution in [3.05, 3.63) is 65.5 Å². The van der Waals surface area contributed by atoms with E-state index in [0.29, 0.717) is 5.56 Å². The average Bonchev–Trinajstić information content (AvgIpc) is 2.64. The minimum absolute atomic E-state index is 0.0246. The lowest BCUT2D eigenvalue weighted by Gasteiger charge is -2.34. The van der Waals surface area contributed by atoms with Gasteiger partial charge in [-0.2, -0.15) is 5.26 Å². The highest BCUT2D eigenvalue weighted by Crippen LogP contribution is 2.20. The third-order valence-corrected chi connectivity index (χ3v) is 4.50. The first-order chi connectivity index (χ1) is 12.1. The quantitative estimate of drug-likeness (QED) is 0.933. The van der Waals surface area contributed by atoms with Crippen LogP contribution in [0.1, 0.15) is 24.0 Å². The van der Waals surface area contributed by atoms with Crippen LogP contribution >= 0.6 is 0 Å². The molecule has 0 saturated carbocycles. The number of carbonyl (C=O) groups excluding carboxylic acids is 1. The second-order valence-electron chi connectivity index (χ2n) is 6.29. The molecule has 0 bridgehead atoms. The fraction of sp³-hybridized carbons (Fsp3) is 0.300. The van der Waals surface area contributed by atoms with E-state index in [4.69, 9.17) is 5.26 Å². The third-order valence-electron chi connectivity index (χ3n) is 4.50. The van der Waals surface area contributed by atoms with Crippen molar-refractivity contribution in [2.45, 2.75) is 25.3 Å². The molecule has 1 heterocycles. The number of nitrogens with zero attached hydrogens (tertiary/aromatic N) is 2. The molecule has 0 spiro atoms. The van der Waals surface area contributed by atoms with Gasteiger partial charge in [-0.15, -0.1) is 0 Å². The number of nitrogens with one attached hydrogen (secondary N) is 1. The van der Waals surface area contributed by atoms with Gasteiger partial charge in [0.2, 0.25) is 5.91 Å². The number of benzene rings is 2. The third kappa shape index (κ3) is 4.57. The number of halogens is 1. The highest BCUT2D eigenvalue weighted by Gasteiger charge is 2.21. The largest absolute Gasteiger partial charge is 0.371 e. The van der Waals surface area contributed by atoms with Gasteiger partial charge in [0.05, 0.1) is 18.1 Å². The van der Waals surface area contributed by atoms with Crippen LogP contribution in [0.15, 0.2) is 48.5 Å². The predicted octanol–water partition coefficient (Wildman–Crippen LogP) is 3.03. The van der Waals surface area contributed by atoms with E-state index >= 15 is 0 Å². The smallest absolute Gasteiger partial charge is 0.224 e. The Labute approximate surface area is 146 Å². The molecule has 0 unspecified atom stereocenters. The Kier molecular flexibility index (Phi) is 5.30. The first kappa shape index (κ1) is 17.0. The Morgan fingerprint density at radius 3 is 2.36 bits per heavy atom. The fourth-order valence-corrected chi connectivity index (χ4v) is 3.10. The SMILES string of the molecule is N#Cc1ccc(N2CCC(NC(=O)Cc3ccc(F)cc3)CC2)cc1. The lowest BCUT2D eigenvalue weighted by Crippen LogP contribution is -2.45. The van der Waals surface area contributed by atoms with E-state index in [1.165, 1.54) is 12.1 Å². The monoisotopic (exact) mass is 337 g/mol. The summed E-state index contributed by atoms with van der Waals surface area (Å²) in [4.78, 5) is 14.4. The molecule has 0 aromatic heterocycles. The number of carbonyl (C=O) groups is 1. The zero-order chi connectivity index (χ0) is 17.6. The van der Waals surface area contributed by atoms with Crippen molar-refractivity contribution in [1.29, 1.82) is 5.26 Å². The number of rotatable bonds is 4. The number of piperidine rings is 1. The second-order valence-corrected chi connectivity index (χ2v) is 6.29. The second kappa shape index (κ2) is 7.80. The molecule has 2 aromatic carbocycles. The summed E-state index contributed by atoms with van der Waals surface area (Å²) in [5.41, 5.74) is 2.58. The summed E-state index contributed by atoms with van der Waals surface area (Å²) in [5.74, 6) is -0.317. The fourth-order valence-electron chi connectivity index (χ4n) is 3.10. The topological polar surface area (TPSA) is 56.1 Å². The van der Waals surface area contributed by atoms with Crippen molar-refractivity contribution in [2.75, 3.05) is 18.0 Å². The van der Waals surface area contributed by atoms with Gasteiger partial charge in [-0.3, -0.25) is 4.79 Å². The van der Waals surface area contributed by atoms with E-state index in [-0.39, 0.29) is 24.2 Å². The number of nitriles is 1. The lowest BCUT2D eigenvalue weighted by molar-refractivity contribution is -0.121. The molecule has 4 nitrogen and oxygen atoms in total. The summed E-state index contributed by atoms with van der Waals surface area (Å²) in [6.07, 6.45) is 2.04. The van der Waals surface area contributed by atoms with Gasteiger partial charge in [0.25, 0.3) is 0 Å². The predicted molar refractivity (Wildman–Crippen MR) is 94.6 cm³/mol. The number of hydrogen-bond acceptors (Lipinski definition) is 3. The van der Waals surface area contributed by atoms with Crippen LogP contribution in [0.4, 0.5) is 10.1 Å². The van der Waals surface area contributed by atoms with Crippen LogP contribution in [0.5, 0.6) is 0 Å². The Morgan fingerprint density at radius 2 is 1.76 bits per heavy atom. The molecule has 2 aromatic rings. The molecule has 0 atom stereocenters. The molecule has 128 valence electrons. The Morgan fingerprint density at radius 1 is 1.12 bits per heavy atom. The van der Waals surface area contributed by atoms with Crippen LogP contribution in [0, 0.1) is 17.1 Å². The van der Waals surface area contributed by atoms with E-state index in [1.54, 1.807) is 12.1 Å². The first-order valence-electron chi connectivity index (χ1n) is 8.43. The van der Waals surface area contributed by atoms with Crippen molar-refractivity contribution < 1.29 is 9.18 Å². The van der Waals surface area contributed by atoms with Gasteiger partial charge in [-0.05, 0) is 54.8 Å². The van der Waals surface area contributed by atoms with Gasteiger partial charge in [-0.25, -0.2) is 4.39 Å². The molecule has 25 heavy (non-hydrogen) atoms. The molecule has 1 saturated heterocycles. The standard InChI is InChI=1S/C20H20FN3O/c21-17-5-1-15(2-6-17)13-20(25)23-18-9-11-24(12-10-18)19-7-3-16(14-22)4-8-19/h1-8,18H,9-13H2,(H,23,25). The first-order valence-corrected chi connectivity index (χ1v) is 8.43. The van der Waals surface area contributed by atoms with Crippen molar-refractivity contribution >= 4 is 11.6 Å². The molecule has 1 aliphatic rings. The summed E-state index contributed by atoms with van der Waals surface area (Å²) >= 11 is 0. The summed E-state index contributed by atoms with van der Waals surface area (Å²) in [7, 11) is 0. The zero-order valence-electron chi connectivity index (χ0n) is 13.9. The number of hydrogen-bond donors (Lipinski definition) is 1.